The first-order valence-corrected chi connectivity index (χ1v) is 6.53. The van der Waals surface area contributed by atoms with Crippen LogP contribution in [0.15, 0.2) is 24.7 Å². The Hall–Kier alpha value is -1.26. The summed E-state index contributed by atoms with van der Waals surface area (Å²) >= 11 is 11.2. The van der Waals surface area contributed by atoms with Crippen molar-refractivity contribution >= 4 is 34.1 Å². The zero-order valence-electron chi connectivity index (χ0n) is 9.60. The summed E-state index contributed by atoms with van der Waals surface area (Å²) in [7, 11) is 0. The van der Waals surface area contributed by atoms with Crippen LogP contribution in [0.2, 0.25) is 0 Å². The number of hydrogen-bond acceptors (Lipinski definition) is 4. The van der Waals surface area contributed by atoms with Gasteiger partial charge in [-0.05, 0) is 6.07 Å². The first-order chi connectivity index (χ1) is 8.85. The van der Waals surface area contributed by atoms with E-state index in [1.54, 1.807) is 6.20 Å². The summed E-state index contributed by atoms with van der Waals surface area (Å²) in [6, 6.07) is 3.65. The second-order valence-electron chi connectivity index (χ2n) is 3.46. The van der Waals surface area contributed by atoms with E-state index in [-0.39, 0.29) is 0 Å². The van der Waals surface area contributed by atoms with Crippen LogP contribution in [-0.4, -0.2) is 34.9 Å². The highest BCUT2D eigenvalue weighted by molar-refractivity contribution is 6.18. The molecular weight excluding hydrogens is 275 g/mol. The zero-order valence-corrected chi connectivity index (χ0v) is 11.1. The largest absolute Gasteiger partial charge is 0.488 e. The number of benzene rings is 1. The molecule has 6 heteroatoms. The summed E-state index contributed by atoms with van der Waals surface area (Å²) in [5, 5.41) is 0.889. The van der Waals surface area contributed by atoms with Crippen LogP contribution in [0.1, 0.15) is 0 Å². The molecule has 0 aliphatic heterocycles. The standard InChI is InChI=1S/C12H12Cl2N2O2/c13-1-3-17-11-5-9-7-15-8-16-10(9)6-12(11)18-4-2-14/h5-8H,1-4H2. The Morgan fingerprint density at radius 2 is 1.67 bits per heavy atom. The summed E-state index contributed by atoms with van der Waals surface area (Å²) in [4.78, 5) is 8.14. The summed E-state index contributed by atoms with van der Waals surface area (Å²) in [6.07, 6.45) is 3.22. The first-order valence-electron chi connectivity index (χ1n) is 5.46. The molecule has 96 valence electrons. The molecule has 0 fully saturated rings. The Kier molecular flexibility index (Phi) is 4.84. The lowest BCUT2D eigenvalue weighted by atomic mass is 10.2. The van der Waals surface area contributed by atoms with Gasteiger partial charge >= 0.3 is 0 Å². The highest BCUT2D eigenvalue weighted by Gasteiger charge is 2.08. The van der Waals surface area contributed by atoms with Crippen molar-refractivity contribution in [3.63, 3.8) is 0 Å². The molecule has 4 nitrogen and oxygen atoms in total. The number of halogens is 2. The van der Waals surface area contributed by atoms with Gasteiger partial charge in [0.1, 0.15) is 19.5 Å². The Labute approximate surface area is 115 Å². The summed E-state index contributed by atoms with van der Waals surface area (Å²) < 4.78 is 11.1. The predicted octanol–water partition coefficient (Wildman–Crippen LogP) is 2.87. The molecule has 0 atom stereocenters. The van der Waals surface area contributed by atoms with Crippen molar-refractivity contribution < 1.29 is 9.47 Å². The van der Waals surface area contributed by atoms with E-state index in [0.717, 1.165) is 10.9 Å². The van der Waals surface area contributed by atoms with E-state index in [2.05, 4.69) is 9.97 Å². The topological polar surface area (TPSA) is 44.2 Å². The lowest BCUT2D eigenvalue weighted by Crippen LogP contribution is -2.04. The van der Waals surface area contributed by atoms with Crippen molar-refractivity contribution in [2.24, 2.45) is 0 Å². The lowest BCUT2D eigenvalue weighted by molar-refractivity contribution is 0.290. The van der Waals surface area contributed by atoms with Gasteiger partial charge in [0, 0.05) is 17.6 Å². The molecule has 0 saturated carbocycles. The van der Waals surface area contributed by atoms with Crippen molar-refractivity contribution in [1.29, 1.82) is 0 Å². The lowest BCUT2D eigenvalue weighted by Gasteiger charge is -2.12. The molecule has 1 heterocycles. The number of alkyl halides is 2. The minimum Gasteiger partial charge on any atom is -0.488 e. The monoisotopic (exact) mass is 286 g/mol. The minimum absolute atomic E-state index is 0.412. The van der Waals surface area contributed by atoms with Crippen LogP contribution in [0, 0.1) is 0 Å². The molecule has 0 unspecified atom stereocenters. The fraction of sp³-hybridized carbons (Fsp3) is 0.333. The average Bonchev–Trinajstić information content (AvgIpc) is 2.42. The number of nitrogens with zero attached hydrogens (tertiary/aromatic N) is 2. The van der Waals surface area contributed by atoms with Crippen LogP contribution in [0.5, 0.6) is 11.5 Å². The third kappa shape index (κ3) is 3.15. The van der Waals surface area contributed by atoms with Crippen LogP contribution in [0.4, 0.5) is 0 Å². The Morgan fingerprint density at radius 1 is 1.00 bits per heavy atom. The van der Waals surface area contributed by atoms with Crippen LogP contribution < -0.4 is 9.47 Å². The molecule has 1 aromatic heterocycles. The quantitative estimate of drug-likeness (QED) is 0.766. The van der Waals surface area contributed by atoms with E-state index in [9.17, 15) is 0 Å². The predicted molar refractivity (Wildman–Crippen MR) is 72.0 cm³/mol. The van der Waals surface area contributed by atoms with Gasteiger partial charge < -0.3 is 9.47 Å². The Morgan fingerprint density at radius 3 is 2.33 bits per heavy atom. The van der Waals surface area contributed by atoms with Crippen LogP contribution >= 0.6 is 23.2 Å². The smallest absolute Gasteiger partial charge is 0.163 e. The fourth-order valence-electron chi connectivity index (χ4n) is 1.51. The molecule has 0 bridgehead atoms. The van der Waals surface area contributed by atoms with Gasteiger partial charge in [-0.2, -0.15) is 0 Å². The van der Waals surface area contributed by atoms with Gasteiger partial charge in [-0.1, -0.05) is 0 Å². The fourth-order valence-corrected chi connectivity index (χ4v) is 1.67. The van der Waals surface area contributed by atoms with Crippen molar-refractivity contribution in [2.75, 3.05) is 25.0 Å². The molecule has 1 aromatic carbocycles. The SMILES string of the molecule is ClCCOc1cc2cncnc2cc1OCCCl. The number of fused-ring (bicyclic) bond motifs is 1. The summed E-state index contributed by atoms with van der Waals surface area (Å²) in [6.45, 7) is 0.827. The van der Waals surface area contributed by atoms with E-state index < -0.39 is 0 Å². The maximum atomic E-state index is 5.61. The highest BCUT2D eigenvalue weighted by atomic mass is 35.5. The van der Waals surface area contributed by atoms with E-state index in [1.165, 1.54) is 6.33 Å². The number of ether oxygens (including phenoxy) is 2. The Balaban J connectivity index is 2.35. The maximum absolute atomic E-state index is 5.61. The highest BCUT2D eigenvalue weighted by Crippen LogP contribution is 2.31. The van der Waals surface area contributed by atoms with Crippen LogP contribution in [0.25, 0.3) is 10.9 Å². The summed E-state index contributed by atoms with van der Waals surface area (Å²) in [5.74, 6) is 2.07. The second kappa shape index (κ2) is 6.61. The van der Waals surface area contributed by atoms with Gasteiger partial charge in [0.2, 0.25) is 0 Å². The van der Waals surface area contributed by atoms with Gasteiger partial charge in [-0.15, -0.1) is 23.2 Å². The van der Waals surface area contributed by atoms with Crippen molar-refractivity contribution in [3.05, 3.63) is 24.7 Å². The van der Waals surface area contributed by atoms with Gasteiger partial charge in [0.25, 0.3) is 0 Å². The van der Waals surface area contributed by atoms with Crippen molar-refractivity contribution in [2.45, 2.75) is 0 Å². The normalized spacial score (nSPS) is 10.6. The number of rotatable bonds is 6. The van der Waals surface area contributed by atoms with Gasteiger partial charge in [-0.25, -0.2) is 9.97 Å². The molecule has 2 rings (SSSR count). The number of hydrogen-bond donors (Lipinski definition) is 0. The first kappa shape index (κ1) is 13.2. The molecule has 2 aromatic rings. The van der Waals surface area contributed by atoms with Crippen LogP contribution in [0.3, 0.4) is 0 Å². The van der Waals surface area contributed by atoms with E-state index in [1.807, 2.05) is 12.1 Å². The minimum atomic E-state index is 0.412. The van der Waals surface area contributed by atoms with E-state index in [4.69, 9.17) is 32.7 Å². The third-order valence-corrected chi connectivity index (χ3v) is 2.55. The van der Waals surface area contributed by atoms with Crippen LogP contribution in [-0.2, 0) is 0 Å². The second-order valence-corrected chi connectivity index (χ2v) is 4.21. The molecule has 0 radical (unpaired) electrons. The molecule has 0 aliphatic carbocycles. The molecular formula is C12H12Cl2N2O2. The number of aromatic nitrogens is 2. The molecule has 0 N–H and O–H groups in total. The van der Waals surface area contributed by atoms with E-state index >= 15 is 0 Å². The molecule has 18 heavy (non-hydrogen) atoms. The Bertz CT molecular complexity index is 476. The molecule has 0 aliphatic rings. The maximum Gasteiger partial charge on any atom is 0.163 e. The molecule has 0 spiro atoms. The van der Waals surface area contributed by atoms with Gasteiger partial charge in [0.05, 0.1) is 17.3 Å². The zero-order chi connectivity index (χ0) is 12.8. The van der Waals surface area contributed by atoms with Gasteiger partial charge in [0.15, 0.2) is 11.5 Å². The average molecular weight is 287 g/mol. The molecule has 0 saturated heterocycles. The van der Waals surface area contributed by atoms with Crippen molar-refractivity contribution in [1.82, 2.24) is 9.97 Å². The van der Waals surface area contributed by atoms with Gasteiger partial charge in [-0.3, -0.25) is 0 Å². The molecule has 0 amide bonds. The summed E-state index contributed by atoms with van der Waals surface area (Å²) in [5.41, 5.74) is 0.799. The van der Waals surface area contributed by atoms with Crippen molar-refractivity contribution in [3.8, 4) is 11.5 Å². The van der Waals surface area contributed by atoms with E-state index in [0.29, 0.717) is 36.5 Å². The third-order valence-electron chi connectivity index (χ3n) is 2.24.